The number of ether oxygens (including phenoxy) is 2. The fourth-order valence-electron chi connectivity index (χ4n) is 2.24. The van der Waals surface area contributed by atoms with Crippen LogP contribution in [0.1, 0.15) is 0 Å². The second-order valence-corrected chi connectivity index (χ2v) is 4.89. The topological polar surface area (TPSA) is 104 Å². The molecule has 0 amide bonds. The average molecular weight is 328 g/mol. The minimum absolute atomic E-state index is 0.0698. The molecular weight excluding hydrogens is 316 g/mol. The van der Waals surface area contributed by atoms with Gasteiger partial charge in [0.15, 0.2) is 0 Å². The maximum atomic E-state index is 11.9. The molecule has 3 aromatic rings. The lowest BCUT2D eigenvalue weighted by molar-refractivity contribution is -0.384. The first-order valence-corrected chi connectivity index (χ1v) is 6.85. The molecule has 0 aliphatic rings. The van der Waals surface area contributed by atoms with Crippen molar-refractivity contribution in [2.75, 3.05) is 7.11 Å². The van der Waals surface area contributed by atoms with Gasteiger partial charge in [0, 0.05) is 17.5 Å². The van der Waals surface area contributed by atoms with Crippen molar-refractivity contribution in [1.82, 2.24) is 4.73 Å². The molecule has 8 nitrogen and oxygen atoms in total. The van der Waals surface area contributed by atoms with Gasteiger partial charge in [-0.2, -0.15) is 0 Å². The third-order valence-corrected chi connectivity index (χ3v) is 3.44. The van der Waals surface area contributed by atoms with E-state index in [9.17, 15) is 20.1 Å². The number of nitro benzene ring substituents is 1. The minimum Gasteiger partial charge on any atom is -0.497 e. The zero-order chi connectivity index (χ0) is 17.3. The maximum absolute atomic E-state index is 11.9. The standard InChI is InChI=1S/C16H12N2O6/c1-23-12-6-7-14-13(8-12)15(9-16(19)17(14)20)24-11-4-2-10(3-5-11)18(21)22/h2-9,20H,1H3. The number of aromatic nitrogens is 1. The van der Waals surface area contributed by atoms with Gasteiger partial charge >= 0.3 is 0 Å². The van der Waals surface area contributed by atoms with Crippen molar-refractivity contribution in [1.29, 1.82) is 0 Å². The van der Waals surface area contributed by atoms with Gasteiger partial charge in [-0.25, -0.2) is 0 Å². The number of hydrogen-bond donors (Lipinski definition) is 1. The zero-order valence-corrected chi connectivity index (χ0v) is 12.5. The van der Waals surface area contributed by atoms with Crippen LogP contribution in [0.2, 0.25) is 0 Å². The van der Waals surface area contributed by atoms with Gasteiger partial charge in [0.1, 0.15) is 17.2 Å². The minimum atomic E-state index is -0.662. The predicted molar refractivity (Wildman–Crippen MR) is 85.1 cm³/mol. The quantitative estimate of drug-likeness (QED) is 0.448. The molecule has 1 heterocycles. The monoisotopic (exact) mass is 328 g/mol. The zero-order valence-electron chi connectivity index (χ0n) is 12.5. The Hall–Kier alpha value is -3.55. The molecule has 0 radical (unpaired) electrons. The molecule has 1 N–H and O–H groups in total. The van der Waals surface area contributed by atoms with Crippen LogP contribution in [0.5, 0.6) is 17.2 Å². The number of non-ortho nitro benzene ring substituents is 1. The van der Waals surface area contributed by atoms with Crippen molar-refractivity contribution in [2.24, 2.45) is 0 Å². The van der Waals surface area contributed by atoms with Crippen LogP contribution in [-0.4, -0.2) is 22.0 Å². The number of fused-ring (bicyclic) bond motifs is 1. The van der Waals surface area contributed by atoms with Crippen LogP contribution < -0.4 is 15.0 Å². The van der Waals surface area contributed by atoms with Crippen molar-refractivity contribution in [2.45, 2.75) is 0 Å². The first-order valence-electron chi connectivity index (χ1n) is 6.85. The molecule has 0 fully saturated rings. The summed E-state index contributed by atoms with van der Waals surface area (Å²) in [7, 11) is 1.49. The van der Waals surface area contributed by atoms with Gasteiger partial charge in [-0.05, 0) is 30.3 Å². The Bertz CT molecular complexity index is 978. The van der Waals surface area contributed by atoms with Gasteiger partial charge in [-0.1, -0.05) is 0 Å². The number of nitro groups is 1. The molecular formula is C16H12N2O6. The van der Waals surface area contributed by atoms with E-state index in [1.54, 1.807) is 12.1 Å². The number of methoxy groups -OCH3 is 1. The van der Waals surface area contributed by atoms with Crippen LogP contribution >= 0.6 is 0 Å². The smallest absolute Gasteiger partial charge is 0.287 e. The van der Waals surface area contributed by atoms with E-state index < -0.39 is 10.5 Å². The van der Waals surface area contributed by atoms with E-state index in [-0.39, 0.29) is 17.0 Å². The molecule has 0 saturated carbocycles. The molecule has 0 unspecified atom stereocenters. The molecule has 0 aliphatic carbocycles. The molecule has 8 heteroatoms. The normalized spacial score (nSPS) is 10.5. The van der Waals surface area contributed by atoms with Crippen molar-refractivity contribution in [3.8, 4) is 17.2 Å². The summed E-state index contributed by atoms with van der Waals surface area (Å²) in [6.45, 7) is 0. The molecule has 0 aliphatic heterocycles. The van der Waals surface area contributed by atoms with E-state index in [0.29, 0.717) is 21.6 Å². The highest BCUT2D eigenvalue weighted by Gasteiger charge is 2.12. The molecule has 122 valence electrons. The summed E-state index contributed by atoms with van der Waals surface area (Å²) >= 11 is 0. The third kappa shape index (κ3) is 2.72. The molecule has 2 aromatic carbocycles. The summed E-state index contributed by atoms with van der Waals surface area (Å²) in [6.07, 6.45) is 0. The van der Waals surface area contributed by atoms with Crippen LogP contribution in [0.25, 0.3) is 10.9 Å². The fourth-order valence-corrected chi connectivity index (χ4v) is 2.24. The highest BCUT2D eigenvalue weighted by atomic mass is 16.6. The first-order chi connectivity index (χ1) is 11.5. The first kappa shape index (κ1) is 15.3. The Labute approximate surface area is 135 Å². The summed E-state index contributed by atoms with van der Waals surface area (Å²) < 4.78 is 11.3. The van der Waals surface area contributed by atoms with E-state index >= 15 is 0 Å². The predicted octanol–water partition coefficient (Wildman–Crippen LogP) is 2.95. The third-order valence-electron chi connectivity index (χ3n) is 3.44. The van der Waals surface area contributed by atoms with Gasteiger partial charge in [-0.15, -0.1) is 4.73 Å². The van der Waals surface area contributed by atoms with Crippen molar-refractivity contribution >= 4 is 16.6 Å². The molecule has 0 spiro atoms. The van der Waals surface area contributed by atoms with Crippen LogP contribution in [0, 0.1) is 10.1 Å². The summed E-state index contributed by atoms with van der Waals surface area (Å²) in [5.74, 6) is 1.04. The Morgan fingerprint density at radius 3 is 2.38 bits per heavy atom. The Morgan fingerprint density at radius 2 is 1.75 bits per heavy atom. The molecule has 0 atom stereocenters. The van der Waals surface area contributed by atoms with Gasteiger partial charge in [0.25, 0.3) is 11.2 Å². The average Bonchev–Trinajstić information content (AvgIpc) is 2.59. The highest BCUT2D eigenvalue weighted by molar-refractivity contribution is 5.86. The van der Waals surface area contributed by atoms with Gasteiger partial charge in [0.05, 0.1) is 23.6 Å². The number of nitrogens with zero attached hydrogens (tertiary/aromatic N) is 2. The van der Waals surface area contributed by atoms with E-state index in [0.717, 1.165) is 6.07 Å². The molecule has 24 heavy (non-hydrogen) atoms. The largest absolute Gasteiger partial charge is 0.497 e. The van der Waals surface area contributed by atoms with Crippen LogP contribution in [0.15, 0.2) is 53.3 Å². The van der Waals surface area contributed by atoms with Crippen molar-refractivity contribution in [3.63, 3.8) is 0 Å². The highest BCUT2D eigenvalue weighted by Crippen LogP contribution is 2.31. The van der Waals surface area contributed by atoms with Gasteiger partial charge < -0.3 is 14.7 Å². The van der Waals surface area contributed by atoms with Crippen LogP contribution in [0.4, 0.5) is 5.69 Å². The molecule has 0 saturated heterocycles. The Kier molecular flexibility index (Phi) is 3.78. The van der Waals surface area contributed by atoms with Crippen molar-refractivity contribution in [3.05, 3.63) is 69.0 Å². The number of benzene rings is 2. The lowest BCUT2D eigenvalue weighted by atomic mass is 10.2. The molecule has 3 rings (SSSR count). The lowest BCUT2D eigenvalue weighted by Crippen LogP contribution is -2.17. The summed E-state index contributed by atoms with van der Waals surface area (Å²) in [4.78, 5) is 22.0. The molecule has 1 aromatic heterocycles. The second kappa shape index (κ2) is 5.92. The SMILES string of the molecule is COc1ccc2c(c1)c(Oc1ccc([N+](=O)[O-])cc1)cc(=O)n2O. The maximum Gasteiger partial charge on any atom is 0.287 e. The van der Waals surface area contributed by atoms with Gasteiger partial charge in [0.2, 0.25) is 0 Å². The summed E-state index contributed by atoms with van der Waals surface area (Å²) in [5, 5.41) is 21.0. The van der Waals surface area contributed by atoms with Crippen LogP contribution in [0.3, 0.4) is 0 Å². The molecule has 0 bridgehead atoms. The van der Waals surface area contributed by atoms with E-state index in [2.05, 4.69) is 0 Å². The van der Waals surface area contributed by atoms with E-state index in [1.165, 1.54) is 37.4 Å². The van der Waals surface area contributed by atoms with Crippen molar-refractivity contribution < 1.29 is 19.6 Å². The van der Waals surface area contributed by atoms with Gasteiger partial charge in [-0.3, -0.25) is 14.9 Å². The summed E-state index contributed by atoms with van der Waals surface area (Å²) in [5.41, 5.74) is -0.482. The Morgan fingerprint density at radius 1 is 1.08 bits per heavy atom. The second-order valence-electron chi connectivity index (χ2n) is 4.89. The van der Waals surface area contributed by atoms with E-state index in [1.807, 2.05) is 0 Å². The fraction of sp³-hybridized carbons (Fsp3) is 0.0625. The number of rotatable bonds is 4. The lowest BCUT2D eigenvalue weighted by Gasteiger charge is -2.11. The Balaban J connectivity index is 2.09. The number of pyridine rings is 1. The summed E-state index contributed by atoms with van der Waals surface area (Å²) in [6, 6.07) is 11.3. The van der Waals surface area contributed by atoms with E-state index in [4.69, 9.17) is 9.47 Å². The van der Waals surface area contributed by atoms with Crippen LogP contribution in [-0.2, 0) is 0 Å². The number of hydrogen-bond acceptors (Lipinski definition) is 6.